The fraction of sp³-hybridized carbons (Fsp3) is 0. The van der Waals surface area contributed by atoms with Crippen LogP contribution < -0.4 is 10.1 Å². The Balaban J connectivity index is 1.66. The lowest BCUT2D eigenvalue weighted by Gasteiger charge is -2.04. The molecule has 0 saturated heterocycles. The molecule has 0 aliphatic rings. The number of rotatable bonds is 3. The Morgan fingerprint density at radius 1 is 1.09 bits per heavy atom. The second kappa shape index (κ2) is 6.68. The first-order chi connectivity index (χ1) is 11.1. The van der Waals surface area contributed by atoms with Crippen molar-refractivity contribution in [2.75, 3.05) is 5.32 Å². The van der Waals surface area contributed by atoms with Gasteiger partial charge in [0, 0.05) is 11.3 Å². The number of amides is 1. The molecule has 0 aliphatic carbocycles. The molecule has 2 aromatic carbocycles. The molecule has 3 rings (SSSR count). The van der Waals surface area contributed by atoms with Crippen molar-refractivity contribution in [3.8, 4) is 17.5 Å². The number of halogens is 2. The van der Waals surface area contributed by atoms with Crippen LogP contribution in [0.4, 0.5) is 10.5 Å². The van der Waals surface area contributed by atoms with E-state index < -0.39 is 6.09 Å². The Labute approximate surface area is 141 Å². The molecule has 116 valence electrons. The van der Waals surface area contributed by atoms with Crippen molar-refractivity contribution in [2.24, 2.45) is 0 Å². The molecular formula is C15H9Cl2N3O3. The maximum absolute atomic E-state index is 11.8. The van der Waals surface area contributed by atoms with Crippen molar-refractivity contribution in [3.05, 3.63) is 58.6 Å². The molecule has 1 N–H and O–H groups in total. The van der Waals surface area contributed by atoms with E-state index in [9.17, 15) is 4.79 Å². The number of carbonyl (C=O) groups is 1. The van der Waals surface area contributed by atoms with Gasteiger partial charge in [-0.15, -0.1) is 0 Å². The molecule has 0 radical (unpaired) electrons. The van der Waals surface area contributed by atoms with Gasteiger partial charge in [0.15, 0.2) is 0 Å². The third-order valence-corrected chi connectivity index (χ3v) is 3.52. The average molecular weight is 350 g/mol. The highest BCUT2D eigenvalue weighted by molar-refractivity contribution is 6.42. The molecule has 0 aliphatic heterocycles. The zero-order valence-corrected chi connectivity index (χ0v) is 13.0. The van der Waals surface area contributed by atoms with E-state index in [1.165, 1.54) is 6.07 Å². The summed E-state index contributed by atoms with van der Waals surface area (Å²) < 4.78 is 9.98. The fourth-order valence-corrected chi connectivity index (χ4v) is 2.05. The number of hydrogen-bond acceptors (Lipinski definition) is 5. The SMILES string of the molecule is O=C(Nc1ccc(Cl)c(Cl)c1)Oc1noc(-c2ccccc2)n1. The van der Waals surface area contributed by atoms with E-state index in [0.29, 0.717) is 15.7 Å². The number of ether oxygens (including phenoxy) is 1. The predicted molar refractivity (Wildman–Crippen MR) is 85.8 cm³/mol. The van der Waals surface area contributed by atoms with Crippen LogP contribution in [0, 0.1) is 0 Å². The third kappa shape index (κ3) is 3.80. The number of anilines is 1. The van der Waals surface area contributed by atoms with Gasteiger partial charge >= 0.3 is 12.1 Å². The van der Waals surface area contributed by atoms with E-state index in [0.717, 1.165) is 5.56 Å². The summed E-state index contributed by atoms with van der Waals surface area (Å²) in [6.45, 7) is 0. The van der Waals surface area contributed by atoms with Crippen LogP contribution in [0.15, 0.2) is 53.1 Å². The van der Waals surface area contributed by atoms with Gasteiger partial charge in [0.2, 0.25) is 0 Å². The van der Waals surface area contributed by atoms with Crippen LogP contribution >= 0.6 is 23.2 Å². The van der Waals surface area contributed by atoms with Crippen molar-refractivity contribution < 1.29 is 14.1 Å². The van der Waals surface area contributed by atoms with Crippen molar-refractivity contribution in [1.29, 1.82) is 0 Å². The molecule has 0 spiro atoms. The maximum Gasteiger partial charge on any atom is 0.419 e. The second-order valence-electron chi connectivity index (χ2n) is 4.39. The van der Waals surface area contributed by atoms with E-state index >= 15 is 0 Å². The zero-order chi connectivity index (χ0) is 16.2. The second-order valence-corrected chi connectivity index (χ2v) is 5.21. The summed E-state index contributed by atoms with van der Waals surface area (Å²) in [7, 11) is 0. The summed E-state index contributed by atoms with van der Waals surface area (Å²) >= 11 is 11.7. The molecule has 1 amide bonds. The van der Waals surface area contributed by atoms with Crippen LogP contribution in [0.1, 0.15) is 0 Å². The number of nitrogens with one attached hydrogen (secondary N) is 1. The highest BCUT2D eigenvalue weighted by atomic mass is 35.5. The van der Waals surface area contributed by atoms with Crippen LogP contribution in [-0.2, 0) is 0 Å². The summed E-state index contributed by atoms with van der Waals surface area (Å²) in [5.74, 6) is 0.253. The molecule has 0 saturated carbocycles. The molecule has 23 heavy (non-hydrogen) atoms. The molecule has 0 unspecified atom stereocenters. The highest BCUT2D eigenvalue weighted by Crippen LogP contribution is 2.25. The molecular weight excluding hydrogens is 341 g/mol. The maximum atomic E-state index is 11.8. The third-order valence-electron chi connectivity index (χ3n) is 2.78. The van der Waals surface area contributed by atoms with Gasteiger partial charge < -0.3 is 9.26 Å². The van der Waals surface area contributed by atoms with Crippen molar-refractivity contribution in [1.82, 2.24) is 10.1 Å². The molecule has 0 fully saturated rings. The normalized spacial score (nSPS) is 10.3. The van der Waals surface area contributed by atoms with Crippen molar-refractivity contribution in [3.63, 3.8) is 0 Å². The Bertz CT molecular complexity index is 837. The fourth-order valence-electron chi connectivity index (χ4n) is 1.75. The number of carbonyl (C=O) groups excluding carboxylic acids is 1. The first-order valence-corrected chi connectivity index (χ1v) is 7.20. The van der Waals surface area contributed by atoms with E-state index in [-0.39, 0.29) is 11.9 Å². The first-order valence-electron chi connectivity index (χ1n) is 6.45. The number of aromatic nitrogens is 2. The Morgan fingerprint density at radius 3 is 2.61 bits per heavy atom. The van der Waals surface area contributed by atoms with Gasteiger partial charge in [-0.25, -0.2) is 4.79 Å². The van der Waals surface area contributed by atoms with Crippen LogP contribution in [-0.4, -0.2) is 16.2 Å². The van der Waals surface area contributed by atoms with Gasteiger partial charge in [-0.05, 0) is 35.5 Å². The quantitative estimate of drug-likeness (QED) is 0.744. The zero-order valence-electron chi connectivity index (χ0n) is 11.5. The molecule has 6 nitrogen and oxygen atoms in total. The molecule has 1 heterocycles. The minimum Gasteiger partial charge on any atom is -0.372 e. The van der Waals surface area contributed by atoms with Crippen molar-refractivity contribution >= 4 is 35.0 Å². The number of benzene rings is 2. The monoisotopic (exact) mass is 349 g/mol. The molecule has 0 atom stereocenters. The molecule has 0 bridgehead atoms. The summed E-state index contributed by atoms with van der Waals surface area (Å²) in [4.78, 5) is 15.8. The smallest absolute Gasteiger partial charge is 0.372 e. The van der Waals surface area contributed by atoms with Crippen molar-refractivity contribution in [2.45, 2.75) is 0 Å². The van der Waals surface area contributed by atoms with Gasteiger partial charge in [0.1, 0.15) is 0 Å². The topological polar surface area (TPSA) is 77.2 Å². The number of hydrogen-bond donors (Lipinski definition) is 1. The summed E-state index contributed by atoms with van der Waals surface area (Å²) in [6, 6.07) is 13.6. The Kier molecular flexibility index (Phi) is 4.45. The standard InChI is InChI=1S/C15H9Cl2N3O3/c16-11-7-6-10(8-12(11)17)18-15(21)22-14-19-13(23-20-14)9-4-2-1-3-5-9/h1-8H,(H,18,21). The largest absolute Gasteiger partial charge is 0.419 e. The van der Waals surface area contributed by atoms with Gasteiger partial charge in [-0.3, -0.25) is 5.32 Å². The lowest BCUT2D eigenvalue weighted by Crippen LogP contribution is -2.17. The minimum absolute atomic E-state index is 0.193. The molecule has 3 aromatic rings. The lowest BCUT2D eigenvalue weighted by atomic mass is 10.2. The predicted octanol–water partition coefficient (Wildman–Crippen LogP) is 4.65. The van der Waals surface area contributed by atoms with Gasteiger partial charge in [-0.2, -0.15) is 4.98 Å². The highest BCUT2D eigenvalue weighted by Gasteiger charge is 2.13. The van der Waals surface area contributed by atoms with Gasteiger partial charge in [0.05, 0.1) is 10.0 Å². The lowest BCUT2D eigenvalue weighted by molar-refractivity contribution is 0.209. The summed E-state index contributed by atoms with van der Waals surface area (Å²) in [5, 5.41) is 6.77. The molecule has 8 heteroatoms. The minimum atomic E-state index is -0.774. The summed E-state index contributed by atoms with van der Waals surface area (Å²) in [5.41, 5.74) is 1.15. The first kappa shape index (κ1) is 15.3. The van der Waals surface area contributed by atoms with Crippen LogP contribution in [0.25, 0.3) is 11.5 Å². The Hall–Kier alpha value is -2.57. The van der Waals surface area contributed by atoms with Crippen LogP contribution in [0.3, 0.4) is 0 Å². The van der Waals surface area contributed by atoms with Gasteiger partial charge in [-0.1, -0.05) is 41.4 Å². The average Bonchev–Trinajstić information content (AvgIpc) is 3.00. The van der Waals surface area contributed by atoms with E-state index in [1.54, 1.807) is 24.3 Å². The summed E-state index contributed by atoms with van der Waals surface area (Å²) in [6.07, 6.45) is -0.774. The van der Waals surface area contributed by atoms with E-state index in [2.05, 4.69) is 15.5 Å². The van der Waals surface area contributed by atoms with E-state index in [1.807, 2.05) is 18.2 Å². The van der Waals surface area contributed by atoms with Gasteiger partial charge in [0.25, 0.3) is 5.89 Å². The molecule has 1 aromatic heterocycles. The van der Waals surface area contributed by atoms with Crippen LogP contribution in [0.5, 0.6) is 6.01 Å². The van der Waals surface area contributed by atoms with E-state index in [4.69, 9.17) is 32.5 Å². The Morgan fingerprint density at radius 2 is 1.87 bits per heavy atom. The van der Waals surface area contributed by atoms with Crippen LogP contribution in [0.2, 0.25) is 10.0 Å². The number of nitrogens with zero attached hydrogens (tertiary/aromatic N) is 2.